The lowest BCUT2D eigenvalue weighted by Gasteiger charge is -2.13. The topological polar surface area (TPSA) is 106 Å². The van der Waals surface area contributed by atoms with Crippen LogP contribution in [0.4, 0.5) is 5.69 Å². The molecule has 0 saturated carbocycles. The van der Waals surface area contributed by atoms with Gasteiger partial charge in [0.2, 0.25) is 0 Å². The monoisotopic (exact) mass is 396 g/mol. The highest BCUT2D eigenvalue weighted by atomic mass is 16.1. The normalized spacial score (nSPS) is 11.1. The van der Waals surface area contributed by atoms with Crippen molar-refractivity contribution in [2.24, 2.45) is 0 Å². The molecule has 2 aromatic carbocycles. The number of hydrogen-bond acceptors (Lipinski definition) is 5. The van der Waals surface area contributed by atoms with Crippen LogP contribution in [0.25, 0.3) is 27.6 Å². The van der Waals surface area contributed by atoms with Crippen LogP contribution in [0.3, 0.4) is 0 Å². The Morgan fingerprint density at radius 3 is 2.77 bits per heavy atom. The average Bonchev–Trinajstić information content (AvgIpc) is 3.19. The highest BCUT2D eigenvalue weighted by Crippen LogP contribution is 2.24. The first-order valence-corrected chi connectivity index (χ1v) is 9.30. The predicted octanol–water partition coefficient (Wildman–Crippen LogP) is 3.22. The molecule has 0 aliphatic carbocycles. The summed E-state index contributed by atoms with van der Waals surface area (Å²) in [6.45, 7) is 1.86. The van der Waals surface area contributed by atoms with Crippen molar-refractivity contribution < 1.29 is 4.79 Å². The molecule has 0 spiro atoms. The summed E-state index contributed by atoms with van der Waals surface area (Å²) < 4.78 is 1.54. The van der Waals surface area contributed by atoms with E-state index in [-0.39, 0.29) is 11.5 Å². The molecule has 8 heteroatoms. The summed E-state index contributed by atoms with van der Waals surface area (Å²) >= 11 is 0. The van der Waals surface area contributed by atoms with Crippen LogP contribution in [0.15, 0.2) is 71.9 Å². The highest BCUT2D eigenvalue weighted by Gasteiger charge is 2.16. The first-order chi connectivity index (χ1) is 14.6. The van der Waals surface area contributed by atoms with E-state index in [1.54, 1.807) is 18.2 Å². The van der Waals surface area contributed by atoms with Gasteiger partial charge in [0.25, 0.3) is 11.5 Å². The molecule has 0 saturated heterocycles. The highest BCUT2D eigenvalue weighted by molar-refractivity contribution is 6.13. The lowest BCUT2D eigenvalue weighted by Crippen LogP contribution is -2.15. The van der Waals surface area contributed by atoms with Gasteiger partial charge in [-0.25, -0.2) is 9.67 Å². The fourth-order valence-corrected chi connectivity index (χ4v) is 3.48. The number of anilines is 1. The number of pyridine rings is 1. The van der Waals surface area contributed by atoms with Crippen LogP contribution in [-0.4, -0.2) is 30.6 Å². The van der Waals surface area contributed by atoms with Crippen LogP contribution in [0.2, 0.25) is 0 Å². The van der Waals surface area contributed by atoms with Crippen molar-refractivity contribution in [3.63, 3.8) is 0 Å². The fraction of sp³-hybridized carbons (Fsp3) is 0.0455. The summed E-state index contributed by atoms with van der Waals surface area (Å²) in [5, 5.41) is 8.42. The molecule has 5 rings (SSSR count). The summed E-state index contributed by atoms with van der Waals surface area (Å²) in [6, 6.07) is 16.5. The summed E-state index contributed by atoms with van der Waals surface area (Å²) in [5.41, 5.74) is 3.35. The second-order valence-electron chi connectivity index (χ2n) is 6.82. The molecule has 30 heavy (non-hydrogen) atoms. The van der Waals surface area contributed by atoms with Crippen LogP contribution < -0.4 is 10.9 Å². The zero-order valence-corrected chi connectivity index (χ0v) is 16.0. The minimum Gasteiger partial charge on any atom is -0.320 e. The maximum absolute atomic E-state index is 13.2. The molecule has 0 aliphatic rings. The second-order valence-corrected chi connectivity index (χ2v) is 6.82. The summed E-state index contributed by atoms with van der Waals surface area (Å²) in [4.78, 5) is 36.4. The molecule has 3 heterocycles. The third kappa shape index (κ3) is 2.91. The molecular weight excluding hydrogens is 380 g/mol. The molecule has 0 unspecified atom stereocenters. The van der Waals surface area contributed by atoms with E-state index in [0.29, 0.717) is 28.0 Å². The largest absolute Gasteiger partial charge is 0.320 e. The molecule has 0 radical (unpaired) electrons. The number of carbonyl (C=O) groups excluding carboxylic acids is 1. The van der Waals surface area contributed by atoms with E-state index in [0.717, 1.165) is 16.6 Å². The lowest BCUT2D eigenvalue weighted by molar-refractivity contribution is 0.102. The molecule has 0 aliphatic heterocycles. The Hall–Kier alpha value is -4.33. The molecule has 3 aromatic heterocycles. The smallest absolute Gasteiger partial charge is 0.261 e. The number of aromatic nitrogens is 5. The number of H-pyrrole nitrogens is 1. The van der Waals surface area contributed by atoms with E-state index >= 15 is 0 Å². The van der Waals surface area contributed by atoms with E-state index in [1.807, 2.05) is 43.3 Å². The number of benzene rings is 2. The van der Waals surface area contributed by atoms with Gasteiger partial charge < -0.3 is 10.3 Å². The number of carbonyl (C=O) groups is 1. The Labute approximate surface area is 170 Å². The number of aromatic amines is 1. The van der Waals surface area contributed by atoms with Crippen molar-refractivity contribution in [2.75, 3.05) is 5.32 Å². The Balaban J connectivity index is 1.60. The van der Waals surface area contributed by atoms with Crippen molar-refractivity contribution in [1.29, 1.82) is 0 Å². The Morgan fingerprint density at radius 2 is 1.87 bits per heavy atom. The SMILES string of the molecule is Cc1cc(C(=O)Nc2ccccc2-n2ncc3c(=O)[nH]cnc32)c2ccccc2n1. The zero-order chi connectivity index (χ0) is 20.7. The minimum absolute atomic E-state index is 0.258. The number of nitrogens with zero attached hydrogens (tertiary/aromatic N) is 4. The number of para-hydroxylation sites is 3. The van der Waals surface area contributed by atoms with E-state index < -0.39 is 0 Å². The van der Waals surface area contributed by atoms with Crippen molar-refractivity contribution in [2.45, 2.75) is 6.92 Å². The van der Waals surface area contributed by atoms with Gasteiger partial charge in [0, 0.05) is 11.1 Å². The zero-order valence-electron chi connectivity index (χ0n) is 16.0. The van der Waals surface area contributed by atoms with E-state index in [1.165, 1.54) is 17.2 Å². The Bertz CT molecular complexity index is 1480. The maximum atomic E-state index is 13.2. The average molecular weight is 396 g/mol. The molecule has 2 N–H and O–H groups in total. The number of nitrogens with one attached hydrogen (secondary N) is 2. The Morgan fingerprint density at radius 1 is 1.07 bits per heavy atom. The van der Waals surface area contributed by atoms with Gasteiger partial charge in [-0.3, -0.25) is 14.6 Å². The molecular formula is C22H16N6O2. The van der Waals surface area contributed by atoms with Crippen LogP contribution in [0, 0.1) is 6.92 Å². The van der Waals surface area contributed by atoms with E-state index in [9.17, 15) is 9.59 Å². The van der Waals surface area contributed by atoms with Gasteiger partial charge in [0.05, 0.1) is 35.0 Å². The Kier molecular flexibility index (Phi) is 4.10. The third-order valence-electron chi connectivity index (χ3n) is 4.84. The molecule has 0 atom stereocenters. The molecule has 146 valence electrons. The van der Waals surface area contributed by atoms with Crippen molar-refractivity contribution in [1.82, 2.24) is 24.7 Å². The van der Waals surface area contributed by atoms with Crippen LogP contribution in [0.5, 0.6) is 0 Å². The standard InChI is InChI=1S/C22H16N6O2/c1-13-10-15(14-6-2-3-7-17(14)26-13)22(30)27-18-8-4-5-9-19(18)28-20-16(11-25-28)21(29)24-12-23-20/h2-12H,1H3,(H,27,30)(H,23,24,29). The molecule has 8 nitrogen and oxygen atoms in total. The molecule has 0 fully saturated rings. The van der Waals surface area contributed by atoms with Gasteiger partial charge in [-0.1, -0.05) is 30.3 Å². The van der Waals surface area contributed by atoms with Crippen molar-refractivity contribution in [3.05, 3.63) is 88.7 Å². The quantitative estimate of drug-likeness (QED) is 0.487. The van der Waals surface area contributed by atoms with Crippen molar-refractivity contribution in [3.8, 4) is 5.69 Å². The summed E-state index contributed by atoms with van der Waals surface area (Å²) in [5.74, 6) is -0.258. The number of hydrogen-bond donors (Lipinski definition) is 2. The van der Waals surface area contributed by atoms with Gasteiger partial charge in [-0.2, -0.15) is 5.10 Å². The minimum atomic E-state index is -0.272. The molecule has 5 aromatic rings. The van der Waals surface area contributed by atoms with Gasteiger partial charge in [-0.05, 0) is 31.2 Å². The number of amides is 1. The van der Waals surface area contributed by atoms with Crippen molar-refractivity contribution >= 4 is 33.5 Å². The molecule has 0 bridgehead atoms. The van der Waals surface area contributed by atoms with Crippen LogP contribution in [-0.2, 0) is 0 Å². The van der Waals surface area contributed by atoms with Gasteiger partial charge in [-0.15, -0.1) is 0 Å². The summed E-state index contributed by atoms with van der Waals surface area (Å²) in [6.07, 6.45) is 2.79. The number of fused-ring (bicyclic) bond motifs is 2. The predicted molar refractivity (Wildman–Crippen MR) is 114 cm³/mol. The number of rotatable bonds is 3. The molecule has 1 amide bonds. The van der Waals surface area contributed by atoms with Crippen LogP contribution in [0.1, 0.15) is 16.1 Å². The van der Waals surface area contributed by atoms with E-state index in [4.69, 9.17) is 0 Å². The number of aryl methyl sites for hydroxylation is 1. The fourth-order valence-electron chi connectivity index (χ4n) is 3.48. The lowest BCUT2D eigenvalue weighted by atomic mass is 10.1. The maximum Gasteiger partial charge on any atom is 0.261 e. The second kappa shape index (κ2) is 6.93. The summed E-state index contributed by atoms with van der Waals surface area (Å²) in [7, 11) is 0. The van der Waals surface area contributed by atoms with Gasteiger partial charge in [0.15, 0.2) is 5.65 Å². The van der Waals surface area contributed by atoms with Gasteiger partial charge in [0.1, 0.15) is 5.39 Å². The first-order valence-electron chi connectivity index (χ1n) is 9.30. The van der Waals surface area contributed by atoms with E-state index in [2.05, 4.69) is 25.4 Å². The van der Waals surface area contributed by atoms with Crippen LogP contribution >= 0.6 is 0 Å². The third-order valence-corrected chi connectivity index (χ3v) is 4.84. The first kappa shape index (κ1) is 17.7. The van der Waals surface area contributed by atoms with Gasteiger partial charge >= 0.3 is 0 Å².